The zero-order valence-corrected chi connectivity index (χ0v) is 10.6. The Hall–Kier alpha value is -2.76. The summed E-state index contributed by atoms with van der Waals surface area (Å²) in [6, 6.07) is 5.44. The Morgan fingerprint density at radius 2 is 2.10 bits per heavy atom. The maximum absolute atomic E-state index is 13.2. The Morgan fingerprint density at radius 3 is 2.80 bits per heavy atom. The van der Waals surface area contributed by atoms with E-state index in [-0.39, 0.29) is 11.5 Å². The molecular formula is C14H11FN2O3. The van der Waals surface area contributed by atoms with Crippen molar-refractivity contribution in [3.63, 3.8) is 0 Å². The lowest BCUT2D eigenvalue weighted by Crippen LogP contribution is -2.00. The fourth-order valence-corrected chi connectivity index (χ4v) is 1.59. The average molecular weight is 274 g/mol. The highest BCUT2D eigenvalue weighted by molar-refractivity contribution is 5.86. The normalized spacial score (nSPS) is 10.7. The van der Waals surface area contributed by atoms with Crippen LogP contribution in [0.3, 0.4) is 0 Å². The van der Waals surface area contributed by atoms with Crippen molar-refractivity contribution < 1.29 is 19.0 Å². The first-order valence-electron chi connectivity index (χ1n) is 5.67. The number of hydrogen-bond acceptors (Lipinski definition) is 4. The molecule has 2 rings (SSSR count). The Balaban J connectivity index is 2.31. The van der Waals surface area contributed by atoms with E-state index in [0.29, 0.717) is 17.0 Å². The van der Waals surface area contributed by atoms with E-state index in [4.69, 9.17) is 9.84 Å². The van der Waals surface area contributed by atoms with Crippen LogP contribution in [0.15, 0.2) is 30.6 Å². The zero-order chi connectivity index (χ0) is 14.5. The molecule has 0 amide bonds. The molecule has 1 aromatic heterocycles. The fourth-order valence-electron chi connectivity index (χ4n) is 1.59. The summed E-state index contributed by atoms with van der Waals surface area (Å²) in [4.78, 5) is 18.3. The van der Waals surface area contributed by atoms with E-state index >= 15 is 0 Å². The van der Waals surface area contributed by atoms with Gasteiger partial charge < -0.3 is 9.84 Å². The number of halogens is 1. The molecule has 20 heavy (non-hydrogen) atoms. The summed E-state index contributed by atoms with van der Waals surface area (Å²) in [5.74, 6) is -1.01. The van der Waals surface area contributed by atoms with Crippen LogP contribution in [0.4, 0.5) is 4.39 Å². The number of nitrogens with zero attached hydrogens (tertiary/aromatic N) is 2. The highest BCUT2D eigenvalue weighted by atomic mass is 19.1. The Morgan fingerprint density at radius 1 is 1.30 bits per heavy atom. The van der Waals surface area contributed by atoms with Crippen LogP contribution in [0.1, 0.15) is 21.7 Å². The Labute approximate surface area is 114 Å². The third-order valence-electron chi connectivity index (χ3n) is 2.53. The van der Waals surface area contributed by atoms with Crippen LogP contribution in [-0.2, 0) is 0 Å². The molecule has 0 unspecified atom stereocenters. The first kappa shape index (κ1) is 13.7. The standard InChI is InChI=1S/C14H11FN2O3/c1-20-13-5-3-10(15)6-9(13)2-4-11-7-12(14(18)19)17-8-16-11/h2-8H,1H3,(H,18,19)/b4-2+. The number of benzene rings is 1. The number of rotatable bonds is 4. The largest absolute Gasteiger partial charge is 0.496 e. The van der Waals surface area contributed by atoms with Crippen molar-refractivity contribution in [2.75, 3.05) is 7.11 Å². The van der Waals surface area contributed by atoms with E-state index < -0.39 is 5.97 Å². The molecule has 5 nitrogen and oxygen atoms in total. The molecule has 0 bridgehead atoms. The van der Waals surface area contributed by atoms with Gasteiger partial charge in [0.05, 0.1) is 12.8 Å². The lowest BCUT2D eigenvalue weighted by Gasteiger charge is -2.04. The van der Waals surface area contributed by atoms with Gasteiger partial charge in [0.2, 0.25) is 0 Å². The van der Waals surface area contributed by atoms with E-state index in [1.165, 1.54) is 31.4 Å². The zero-order valence-electron chi connectivity index (χ0n) is 10.6. The van der Waals surface area contributed by atoms with Crippen LogP contribution < -0.4 is 4.74 Å². The van der Waals surface area contributed by atoms with Gasteiger partial charge in [-0.25, -0.2) is 19.2 Å². The lowest BCUT2D eigenvalue weighted by molar-refractivity contribution is 0.0690. The maximum Gasteiger partial charge on any atom is 0.354 e. The summed E-state index contributed by atoms with van der Waals surface area (Å²) in [7, 11) is 1.48. The molecule has 0 aliphatic rings. The topological polar surface area (TPSA) is 72.3 Å². The van der Waals surface area contributed by atoms with Crippen molar-refractivity contribution in [3.8, 4) is 5.75 Å². The maximum atomic E-state index is 13.2. The van der Waals surface area contributed by atoms with Gasteiger partial charge in [0.15, 0.2) is 5.69 Å². The molecule has 1 aromatic carbocycles. The number of aromatic nitrogens is 2. The van der Waals surface area contributed by atoms with E-state index in [0.717, 1.165) is 6.33 Å². The van der Waals surface area contributed by atoms with E-state index in [1.807, 2.05) is 0 Å². The minimum atomic E-state index is -1.13. The number of aromatic carboxylic acids is 1. The van der Waals surface area contributed by atoms with Crippen LogP contribution in [0, 0.1) is 5.82 Å². The highest BCUT2D eigenvalue weighted by Gasteiger charge is 2.05. The van der Waals surface area contributed by atoms with E-state index in [1.54, 1.807) is 12.2 Å². The first-order valence-corrected chi connectivity index (χ1v) is 5.67. The van der Waals surface area contributed by atoms with Gasteiger partial charge in [-0.15, -0.1) is 0 Å². The second-order valence-corrected chi connectivity index (χ2v) is 3.85. The number of methoxy groups -OCH3 is 1. The molecule has 1 N–H and O–H groups in total. The number of carboxylic acid groups (broad SMARTS) is 1. The van der Waals surface area contributed by atoms with Gasteiger partial charge in [0.1, 0.15) is 17.9 Å². The molecule has 2 aromatic rings. The van der Waals surface area contributed by atoms with Crippen LogP contribution in [0.2, 0.25) is 0 Å². The number of ether oxygens (including phenoxy) is 1. The molecule has 1 heterocycles. The predicted octanol–water partition coefficient (Wildman–Crippen LogP) is 2.49. The number of hydrogen-bond donors (Lipinski definition) is 1. The monoisotopic (exact) mass is 274 g/mol. The van der Waals surface area contributed by atoms with E-state index in [2.05, 4.69) is 9.97 Å². The second kappa shape index (κ2) is 5.92. The predicted molar refractivity (Wildman–Crippen MR) is 70.9 cm³/mol. The lowest BCUT2D eigenvalue weighted by atomic mass is 10.1. The Kier molecular flexibility index (Phi) is 4.05. The van der Waals surface area contributed by atoms with Crippen molar-refractivity contribution in [2.24, 2.45) is 0 Å². The summed E-state index contributed by atoms with van der Waals surface area (Å²) < 4.78 is 18.3. The van der Waals surface area contributed by atoms with Gasteiger partial charge >= 0.3 is 5.97 Å². The summed E-state index contributed by atoms with van der Waals surface area (Å²) in [5.41, 5.74) is 0.831. The van der Waals surface area contributed by atoms with Crippen LogP contribution in [0.5, 0.6) is 5.75 Å². The third-order valence-corrected chi connectivity index (χ3v) is 2.53. The summed E-state index contributed by atoms with van der Waals surface area (Å²) >= 11 is 0. The van der Waals surface area contributed by atoms with Gasteiger partial charge in [0.25, 0.3) is 0 Å². The third kappa shape index (κ3) is 3.17. The average Bonchev–Trinajstić information content (AvgIpc) is 2.45. The minimum absolute atomic E-state index is 0.106. The van der Waals surface area contributed by atoms with Crippen LogP contribution >= 0.6 is 0 Å². The van der Waals surface area contributed by atoms with Gasteiger partial charge in [-0.3, -0.25) is 0 Å². The quantitative estimate of drug-likeness (QED) is 0.927. The summed E-state index contributed by atoms with van der Waals surface area (Å²) in [5, 5.41) is 8.83. The highest BCUT2D eigenvalue weighted by Crippen LogP contribution is 2.21. The number of carboxylic acids is 1. The van der Waals surface area contributed by atoms with Gasteiger partial charge in [-0.1, -0.05) is 0 Å². The molecule has 0 saturated carbocycles. The van der Waals surface area contributed by atoms with Gasteiger partial charge in [-0.2, -0.15) is 0 Å². The van der Waals surface area contributed by atoms with E-state index in [9.17, 15) is 9.18 Å². The smallest absolute Gasteiger partial charge is 0.354 e. The molecule has 0 saturated heterocycles. The minimum Gasteiger partial charge on any atom is -0.496 e. The molecule has 0 aliphatic heterocycles. The molecule has 0 spiro atoms. The molecular weight excluding hydrogens is 263 g/mol. The SMILES string of the molecule is COc1ccc(F)cc1/C=C/c1cc(C(=O)O)ncn1. The van der Waals surface area contributed by atoms with Crippen molar-refractivity contribution in [1.29, 1.82) is 0 Å². The first-order chi connectivity index (χ1) is 9.60. The molecule has 6 heteroatoms. The van der Waals surface area contributed by atoms with Crippen molar-refractivity contribution >= 4 is 18.1 Å². The van der Waals surface area contributed by atoms with Crippen molar-refractivity contribution in [3.05, 3.63) is 53.4 Å². The van der Waals surface area contributed by atoms with Crippen molar-refractivity contribution in [1.82, 2.24) is 9.97 Å². The molecule has 0 fully saturated rings. The molecule has 0 radical (unpaired) electrons. The molecule has 102 valence electrons. The van der Waals surface area contributed by atoms with Gasteiger partial charge in [0, 0.05) is 5.56 Å². The second-order valence-electron chi connectivity index (χ2n) is 3.85. The van der Waals surface area contributed by atoms with Crippen LogP contribution in [-0.4, -0.2) is 28.2 Å². The summed E-state index contributed by atoms with van der Waals surface area (Å²) in [6.07, 6.45) is 4.31. The van der Waals surface area contributed by atoms with Gasteiger partial charge in [-0.05, 0) is 36.4 Å². The summed E-state index contributed by atoms with van der Waals surface area (Å²) in [6.45, 7) is 0. The number of carbonyl (C=O) groups is 1. The molecule has 0 aliphatic carbocycles. The fraction of sp³-hybridized carbons (Fsp3) is 0.0714. The van der Waals surface area contributed by atoms with Crippen LogP contribution in [0.25, 0.3) is 12.2 Å². The Bertz CT molecular complexity index is 671. The van der Waals surface area contributed by atoms with Crippen molar-refractivity contribution in [2.45, 2.75) is 0 Å². The molecule has 0 atom stereocenters.